The van der Waals surface area contributed by atoms with Gasteiger partial charge >= 0.3 is 0 Å². The first-order chi connectivity index (χ1) is 11.0. The van der Waals surface area contributed by atoms with Crippen molar-refractivity contribution in [2.45, 2.75) is 38.2 Å². The van der Waals surface area contributed by atoms with Gasteiger partial charge in [0, 0.05) is 17.0 Å². The van der Waals surface area contributed by atoms with Crippen molar-refractivity contribution < 1.29 is 14.3 Å². The van der Waals surface area contributed by atoms with E-state index < -0.39 is 6.10 Å². The third-order valence-corrected chi connectivity index (χ3v) is 4.53. The van der Waals surface area contributed by atoms with E-state index >= 15 is 0 Å². The lowest BCUT2D eigenvalue weighted by Crippen LogP contribution is -2.26. The molecule has 2 aromatic rings. The lowest BCUT2D eigenvalue weighted by molar-refractivity contribution is 0.0939. The van der Waals surface area contributed by atoms with Gasteiger partial charge in [0.25, 0.3) is 5.91 Å². The maximum absolute atomic E-state index is 12.3. The topological polar surface area (TPSA) is 62.5 Å². The maximum Gasteiger partial charge on any atom is 0.252 e. The SMILES string of the molecule is CCSc1ccccc1C(=O)NCC[C@@H](O)c1cc(C)oc1C. The van der Waals surface area contributed by atoms with Crippen molar-refractivity contribution in [3.8, 4) is 0 Å². The predicted molar refractivity (Wildman–Crippen MR) is 92.9 cm³/mol. The minimum absolute atomic E-state index is 0.103. The van der Waals surface area contributed by atoms with Crippen LogP contribution >= 0.6 is 11.8 Å². The zero-order valence-corrected chi connectivity index (χ0v) is 14.6. The van der Waals surface area contributed by atoms with Gasteiger partial charge < -0.3 is 14.8 Å². The molecule has 0 saturated carbocycles. The fraction of sp³-hybridized carbons (Fsp3) is 0.389. The van der Waals surface area contributed by atoms with Gasteiger partial charge in [-0.05, 0) is 44.2 Å². The molecule has 1 atom stereocenters. The van der Waals surface area contributed by atoms with Crippen LogP contribution in [0.5, 0.6) is 0 Å². The van der Waals surface area contributed by atoms with Crippen molar-refractivity contribution in [2.75, 3.05) is 12.3 Å². The van der Waals surface area contributed by atoms with Crippen molar-refractivity contribution >= 4 is 17.7 Å². The second-order valence-corrected chi connectivity index (χ2v) is 6.66. The molecule has 0 aliphatic rings. The minimum atomic E-state index is -0.631. The van der Waals surface area contributed by atoms with Crippen LogP contribution in [0.4, 0.5) is 0 Å². The van der Waals surface area contributed by atoms with Crippen LogP contribution in [0, 0.1) is 13.8 Å². The first-order valence-electron chi connectivity index (χ1n) is 7.78. The summed E-state index contributed by atoms with van der Waals surface area (Å²) in [6.45, 7) is 6.16. The predicted octanol–water partition coefficient (Wildman–Crippen LogP) is 3.86. The molecule has 2 N–H and O–H groups in total. The van der Waals surface area contributed by atoms with E-state index in [1.54, 1.807) is 11.8 Å². The Labute approximate surface area is 141 Å². The molecule has 124 valence electrons. The largest absolute Gasteiger partial charge is 0.466 e. The molecule has 4 nitrogen and oxygen atoms in total. The number of aliphatic hydroxyl groups is 1. The van der Waals surface area contributed by atoms with Crippen molar-refractivity contribution in [2.24, 2.45) is 0 Å². The Kier molecular flexibility index (Phi) is 6.30. The maximum atomic E-state index is 12.3. The van der Waals surface area contributed by atoms with E-state index in [2.05, 4.69) is 12.2 Å². The van der Waals surface area contributed by atoms with Gasteiger partial charge in [0.15, 0.2) is 0 Å². The summed E-state index contributed by atoms with van der Waals surface area (Å²) in [7, 11) is 0. The van der Waals surface area contributed by atoms with Crippen LogP contribution in [-0.4, -0.2) is 23.3 Å². The molecule has 0 aliphatic carbocycles. The number of benzene rings is 1. The van der Waals surface area contributed by atoms with Crippen molar-refractivity contribution in [1.29, 1.82) is 0 Å². The van der Waals surface area contributed by atoms with Crippen molar-refractivity contribution in [3.05, 3.63) is 53.0 Å². The average Bonchev–Trinajstić information content (AvgIpc) is 2.86. The number of aliphatic hydroxyl groups excluding tert-OH is 1. The number of aryl methyl sites for hydroxylation is 2. The number of rotatable bonds is 7. The fourth-order valence-corrected chi connectivity index (χ4v) is 3.29. The molecular weight excluding hydrogens is 310 g/mol. The summed E-state index contributed by atoms with van der Waals surface area (Å²) >= 11 is 1.65. The third kappa shape index (κ3) is 4.62. The van der Waals surface area contributed by atoms with E-state index in [1.165, 1.54) is 0 Å². The smallest absolute Gasteiger partial charge is 0.252 e. The Balaban J connectivity index is 1.91. The van der Waals surface area contributed by atoms with Crippen LogP contribution in [0.1, 0.15) is 46.9 Å². The Bertz CT molecular complexity index is 666. The van der Waals surface area contributed by atoms with Crippen LogP contribution in [0.2, 0.25) is 0 Å². The van der Waals surface area contributed by atoms with Gasteiger partial charge in [-0.1, -0.05) is 19.1 Å². The minimum Gasteiger partial charge on any atom is -0.466 e. The van der Waals surface area contributed by atoms with E-state index in [0.29, 0.717) is 18.5 Å². The summed E-state index contributed by atoms with van der Waals surface area (Å²) in [5, 5.41) is 13.1. The van der Waals surface area contributed by atoms with Crippen molar-refractivity contribution in [3.63, 3.8) is 0 Å². The van der Waals surface area contributed by atoms with Crippen LogP contribution in [-0.2, 0) is 0 Å². The first-order valence-corrected chi connectivity index (χ1v) is 8.76. The molecule has 0 fully saturated rings. The Morgan fingerprint density at radius 2 is 2.09 bits per heavy atom. The Morgan fingerprint density at radius 1 is 1.35 bits per heavy atom. The molecule has 5 heteroatoms. The summed E-state index contributed by atoms with van der Waals surface area (Å²) in [6.07, 6.45) is -0.178. The zero-order chi connectivity index (χ0) is 16.8. The molecule has 1 heterocycles. The number of carbonyl (C=O) groups is 1. The van der Waals surface area contributed by atoms with Gasteiger partial charge in [0.1, 0.15) is 11.5 Å². The number of thioether (sulfide) groups is 1. The molecule has 2 rings (SSSR count). The van der Waals surface area contributed by atoms with E-state index in [0.717, 1.165) is 27.7 Å². The molecule has 0 unspecified atom stereocenters. The zero-order valence-electron chi connectivity index (χ0n) is 13.8. The monoisotopic (exact) mass is 333 g/mol. The Hall–Kier alpha value is -1.72. The van der Waals surface area contributed by atoms with Gasteiger partial charge in [0.05, 0.1) is 11.7 Å². The molecule has 0 radical (unpaired) electrons. The number of nitrogens with one attached hydrogen (secondary N) is 1. The van der Waals surface area contributed by atoms with Gasteiger partial charge in [-0.3, -0.25) is 4.79 Å². The summed E-state index contributed by atoms with van der Waals surface area (Å²) in [4.78, 5) is 13.3. The number of furan rings is 1. The molecule has 0 saturated heterocycles. The summed E-state index contributed by atoms with van der Waals surface area (Å²) in [6, 6.07) is 9.42. The van der Waals surface area contributed by atoms with Gasteiger partial charge in [0.2, 0.25) is 0 Å². The number of hydrogen-bond donors (Lipinski definition) is 2. The lowest BCUT2D eigenvalue weighted by atomic mass is 10.1. The Morgan fingerprint density at radius 3 is 2.74 bits per heavy atom. The number of hydrogen-bond acceptors (Lipinski definition) is 4. The van der Waals surface area contributed by atoms with Crippen LogP contribution in [0.3, 0.4) is 0 Å². The molecule has 1 aromatic carbocycles. The number of carbonyl (C=O) groups excluding carboxylic acids is 1. The van der Waals surface area contributed by atoms with Gasteiger partial charge in [-0.2, -0.15) is 0 Å². The molecule has 1 amide bonds. The van der Waals surface area contributed by atoms with Gasteiger partial charge in [-0.25, -0.2) is 0 Å². The van der Waals surface area contributed by atoms with E-state index in [1.807, 2.05) is 44.2 Å². The van der Waals surface area contributed by atoms with Crippen LogP contribution in [0.15, 0.2) is 39.6 Å². The van der Waals surface area contributed by atoms with E-state index in [-0.39, 0.29) is 5.91 Å². The highest BCUT2D eigenvalue weighted by Gasteiger charge is 2.15. The highest BCUT2D eigenvalue weighted by Crippen LogP contribution is 2.24. The first kappa shape index (κ1) is 17.6. The highest BCUT2D eigenvalue weighted by atomic mass is 32.2. The quantitative estimate of drug-likeness (QED) is 0.755. The lowest BCUT2D eigenvalue weighted by Gasteiger charge is -2.12. The molecule has 0 spiro atoms. The summed E-state index contributed by atoms with van der Waals surface area (Å²) in [5.74, 6) is 2.33. The van der Waals surface area contributed by atoms with Crippen LogP contribution < -0.4 is 5.32 Å². The molecular formula is C18H23NO3S. The normalized spacial score (nSPS) is 12.2. The van der Waals surface area contributed by atoms with E-state index in [9.17, 15) is 9.90 Å². The summed E-state index contributed by atoms with van der Waals surface area (Å²) < 4.78 is 5.42. The second-order valence-electron chi connectivity index (χ2n) is 5.36. The molecule has 23 heavy (non-hydrogen) atoms. The molecule has 0 aliphatic heterocycles. The fourth-order valence-electron chi connectivity index (χ4n) is 2.49. The van der Waals surface area contributed by atoms with Crippen LogP contribution in [0.25, 0.3) is 0 Å². The van der Waals surface area contributed by atoms with Gasteiger partial charge in [-0.15, -0.1) is 11.8 Å². The standard InChI is InChI=1S/C18H23NO3S/c1-4-23-17-8-6-5-7-14(17)18(21)19-10-9-16(20)15-11-12(2)22-13(15)3/h5-8,11,16,20H,4,9-10H2,1-3H3,(H,19,21)/t16-/m1/s1. The molecule has 0 bridgehead atoms. The highest BCUT2D eigenvalue weighted by molar-refractivity contribution is 7.99. The number of amides is 1. The summed E-state index contributed by atoms with van der Waals surface area (Å²) in [5.41, 5.74) is 1.47. The second kappa shape index (κ2) is 8.22. The van der Waals surface area contributed by atoms with E-state index in [4.69, 9.17) is 4.42 Å². The van der Waals surface area contributed by atoms with Crippen molar-refractivity contribution in [1.82, 2.24) is 5.32 Å². The third-order valence-electron chi connectivity index (χ3n) is 3.57. The average molecular weight is 333 g/mol. The molecule has 1 aromatic heterocycles.